The maximum atomic E-state index is 12.8. The molecule has 2 aromatic carbocycles. The highest BCUT2D eigenvalue weighted by molar-refractivity contribution is 5.94. The van der Waals surface area contributed by atoms with Gasteiger partial charge >= 0.3 is 6.09 Å². The number of anilines is 1. The number of piperazine rings is 1. The maximum Gasteiger partial charge on any atom is 0.411 e. The van der Waals surface area contributed by atoms with E-state index in [0.717, 1.165) is 43.2 Å². The highest BCUT2D eigenvalue weighted by atomic mass is 16.5. The van der Waals surface area contributed by atoms with Crippen LogP contribution in [0.15, 0.2) is 48.5 Å². The van der Waals surface area contributed by atoms with Gasteiger partial charge in [0.05, 0.1) is 13.2 Å². The molecule has 4 rings (SSSR count). The lowest BCUT2D eigenvalue weighted by atomic mass is 9.85. The third-order valence-corrected chi connectivity index (χ3v) is 7.67. The number of hydrogen-bond acceptors (Lipinski definition) is 5. The quantitative estimate of drug-likeness (QED) is 0.542. The van der Waals surface area contributed by atoms with Crippen LogP contribution in [0.3, 0.4) is 0 Å². The highest BCUT2D eigenvalue weighted by Crippen LogP contribution is 2.33. The molecule has 2 fully saturated rings. The molecule has 7 heteroatoms. The molecule has 1 saturated heterocycles. The van der Waals surface area contributed by atoms with Gasteiger partial charge in [-0.15, -0.1) is 0 Å². The minimum Gasteiger partial charge on any atom is -0.453 e. The van der Waals surface area contributed by atoms with Gasteiger partial charge in [-0.3, -0.25) is 15.0 Å². The fraction of sp³-hybridized carbons (Fsp3) is 0.517. The normalized spacial score (nSPS) is 17.8. The Bertz CT molecular complexity index is 1010. The van der Waals surface area contributed by atoms with Crippen LogP contribution in [-0.4, -0.2) is 79.6 Å². The summed E-state index contributed by atoms with van der Waals surface area (Å²) in [5.41, 5.74) is 3.68. The molecule has 2 aliphatic rings. The molecule has 1 aliphatic carbocycles. The molecule has 36 heavy (non-hydrogen) atoms. The molecule has 1 heterocycles. The number of carbonyl (C=O) groups is 2. The number of hydrogen-bond donors (Lipinski definition) is 1. The van der Waals surface area contributed by atoms with Gasteiger partial charge in [-0.1, -0.05) is 30.7 Å². The van der Waals surface area contributed by atoms with Gasteiger partial charge in [0.25, 0.3) is 5.91 Å². The second-order valence-electron chi connectivity index (χ2n) is 9.88. The zero-order valence-electron chi connectivity index (χ0n) is 21.9. The molecule has 2 aromatic rings. The van der Waals surface area contributed by atoms with E-state index in [1.807, 2.05) is 49.1 Å². The monoisotopic (exact) mass is 492 g/mol. The fourth-order valence-electron chi connectivity index (χ4n) is 5.32. The number of ether oxygens (including phenoxy) is 1. The topological polar surface area (TPSA) is 65.1 Å². The smallest absolute Gasteiger partial charge is 0.411 e. The van der Waals surface area contributed by atoms with Gasteiger partial charge in [0.2, 0.25) is 0 Å². The summed E-state index contributed by atoms with van der Waals surface area (Å²) in [6.45, 7) is 10.7. The Balaban J connectivity index is 1.57. The van der Waals surface area contributed by atoms with Crippen LogP contribution in [0.25, 0.3) is 0 Å². The molecule has 1 N–H and O–H groups in total. The first kappa shape index (κ1) is 26.2. The van der Waals surface area contributed by atoms with Crippen LogP contribution < -0.4 is 5.32 Å². The van der Waals surface area contributed by atoms with Gasteiger partial charge in [0, 0.05) is 57.1 Å². The first-order valence-electron chi connectivity index (χ1n) is 13.3. The number of benzene rings is 2. The molecule has 1 saturated carbocycles. The molecule has 1 atom stereocenters. The second kappa shape index (κ2) is 12.4. The first-order valence-corrected chi connectivity index (χ1v) is 13.3. The van der Waals surface area contributed by atoms with Crippen LogP contribution in [0.4, 0.5) is 10.5 Å². The average molecular weight is 493 g/mol. The summed E-state index contributed by atoms with van der Waals surface area (Å²) in [6.07, 6.45) is 3.66. The Kier molecular flexibility index (Phi) is 8.99. The predicted octanol–water partition coefficient (Wildman–Crippen LogP) is 4.85. The summed E-state index contributed by atoms with van der Waals surface area (Å²) in [4.78, 5) is 31.6. The van der Waals surface area contributed by atoms with Crippen LogP contribution in [-0.2, 0) is 4.74 Å². The van der Waals surface area contributed by atoms with Gasteiger partial charge in [0.1, 0.15) is 0 Å². The second-order valence-corrected chi connectivity index (χ2v) is 9.88. The van der Waals surface area contributed by atoms with Crippen molar-refractivity contribution in [3.05, 3.63) is 65.2 Å². The van der Waals surface area contributed by atoms with E-state index in [1.54, 1.807) is 0 Å². The van der Waals surface area contributed by atoms with Crippen molar-refractivity contribution in [2.24, 2.45) is 5.92 Å². The Morgan fingerprint density at radius 1 is 1.00 bits per heavy atom. The third-order valence-electron chi connectivity index (χ3n) is 7.67. The Hall–Kier alpha value is -2.90. The van der Waals surface area contributed by atoms with Crippen LogP contribution >= 0.6 is 0 Å². The number of amides is 2. The van der Waals surface area contributed by atoms with E-state index in [9.17, 15) is 9.59 Å². The summed E-state index contributed by atoms with van der Waals surface area (Å²) in [7, 11) is 1.37. The molecule has 2 amide bonds. The van der Waals surface area contributed by atoms with Crippen molar-refractivity contribution in [3.63, 3.8) is 0 Å². The molecule has 0 bridgehead atoms. The standard InChI is InChI=1S/C29H40N4O3/c1-4-32(5-2)28(34)24-14-12-23(13-15-24)27(25-10-7-11-26(20-25)30-29(35)36-3)33-18-16-31(17-19-33)21-22-8-6-9-22/h7,10-15,20,22,27H,4-6,8-9,16-19,21H2,1-3H3,(H,30,35)/t27-/m1/s1. The minimum atomic E-state index is -0.479. The molecule has 0 unspecified atom stereocenters. The molecule has 0 radical (unpaired) electrons. The SMILES string of the molecule is CCN(CC)C(=O)c1ccc([C@H](c2cccc(NC(=O)OC)c2)N2CCN(CC3CCC3)CC2)cc1. The lowest BCUT2D eigenvalue weighted by Gasteiger charge is -2.42. The average Bonchev–Trinajstić information content (AvgIpc) is 2.88. The Morgan fingerprint density at radius 3 is 2.28 bits per heavy atom. The van der Waals surface area contributed by atoms with E-state index in [-0.39, 0.29) is 11.9 Å². The van der Waals surface area contributed by atoms with Crippen molar-refractivity contribution >= 4 is 17.7 Å². The van der Waals surface area contributed by atoms with Crippen molar-refractivity contribution in [1.82, 2.24) is 14.7 Å². The van der Waals surface area contributed by atoms with Gasteiger partial charge in [-0.05, 0) is 68.0 Å². The summed E-state index contributed by atoms with van der Waals surface area (Å²) >= 11 is 0. The Labute approximate surface area is 215 Å². The number of nitrogens with zero attached hydrogens (tertiary/aromatic N) is 3. The maximum absolute atomic E-state index is 12.8. The van der Waals surface area contributed by atoms with Crippen molar-refractivity contribution in [2.45, 2.75) is 39.2 Å². The van der Waals surface area contributed by atoms with Crippen molar-refractivity contribution in [1.29, 1.82) is 0 Å². The molecule has 7 nitrogen and oxygen atoms in total. The van der Waals surface area contributed by atoms with E-state index in [4.69, 9.17) is 4.74 Å². The summed E-state index contributed by atoms with van der Waals surface area (Å²) in [5.74, 6) is 0.946. The van der Waals surface area contributed by atoms with E-state index >= 15 is 0 Å². The van der Waals surface area contributed by atoms with Crippen LogP contribution in [0.5, 0.6) is 0 Å². The number of nitrogens with one attached hydrogen (secondary N) is 1. The highest BCUT2D eigenvalue weighted by Gasteiger charge is 2.29. The third kappa shape index (κ3) is 6.26. The first-order chi connectivity index (χ1) is 17.5. The summed E-state index contributed by atoms with van der Waals surface area (Å²) < 4.78 is 4.78. The molecular formula is C29H40N4O3. The van der Waals surface area contributed by atoms with Gasteiger partial charge in [0.15, 0.2) is 0 Å². The van der Waals surface area contributed by atoms with Crippen molar-refractivity contribution in [2.75, 3.05) is 58.2 Å². The van der Waals surface area contributed by atoms with E-state index in [0.29, 0.717) is 24.3 Å². The Morgan fingerprint density at radius 2 is 1.69 bits per heavy atom. The lowest BCUT2D eigenvalue weighted by molar-refractivity contribution is 0.0772. The minimum absolute atomic E-state index is 0.0351. The molecule has 0 aromatic heterocycles. The van der Waals surface area contributed by atoms with Gasteiger partial charge in [-0.25, -0.2) is 4.79 Å². The van der Waals surface area contributed by atoms with Crippen LogP contribution in [0.1, 0.15) is 60.6 Å². The molecule has 0 spiro atoms. The van der Waals surface area contributed by atoms with Crippen LogP contribution in [0.2, 0.25) is 0 Å². The molecular weight excluding hydrogens is 452 g/mol. The zero-order valence-corrected chi connectivity index (χ0v) is 21.9. The van der Waals surface area contributed by atoms with Crippen molar-refractivity contribution in [3.8, 4) is 0 Å². The predicted molar refractivity (Wildman–Crippen MR) is 143 cm³/mol. The summed E-state index contributed by atoms with van der Waals surface area (Å²) in [5, 5.41) is 2.79. The van der Waals surface area contributed by atoms with Gasteiger partial charge < -0.3 is 14.5 Å². The molecule has 194 valence electrons. The molecule has 1 aliphatic heterocycles. The van der Waals surface area contributed by atoms with E-state index in [1.165, 1.54) is 32.9 Å². The largest absolute Gasteiger partial charge is 0.453 e. The van der Waals surface area contributed by atoms with E-state index in [2.05, 4.69) is 33.3 Å². The van der Waals surface area contributed by atoms with Crippen LogP contribution in [0, 0.1) is 5.92 Å². The zero-order chi connectivity index (χ0) is 25.5. The van der Waals surface area contributed by atoms with Gasteiger partial charge in [-0.2, -0.15) is 0 Å². The number of methoxy groups -OCH3 is 1. The summed E-state index contributed by atoms with van der Waals surface area (Å²) in [6, 6.07) is 16.1. The lowest BCUT2D eigenvalue weighted by Crippen LogP contribution is -2.49. The fourth-order valence-corrected chi connectivity index (χ4v) is 5.32. The van der Waals surface area contributed by atoms with Crippen molar-refractivity contribution < 1.29 is 14.3 Å². The number of carbonyl (C=O) groups excluding carboxylic acids is 2. The van der Waals surface area contributed by atoms with E-state index < -0.39 is 6.09 Å². The number of rotatable bonds is 9.